The first-order valence-electron chi connectivity index (χ1n) is 7.04. The SMILES string of the molecule is COC(=O)CCCN1CCN(c2cnc(C=O)cn2)CC1. The van der Waals surface area contributed by atoms with E-state index in [0.29, 0.717) is 18.4 Å². The Morgan fingerprint density at radius 1 is 1.29 bits per heavy atom. The summed E-state index contributed by atoms with van der Waals surface area (Å²) >= 11 is 0. The number of anilines is 1. The molecule has 2 heterocycles. The summed E-state index contributed by atoms with van der Waals surface area (Å²) in [6.45, 7) is 4.50. The molecule has 1 aromatic heterocycles. The number of esters is 1. The fraction of sp³-hybridized carbons (Fsp3) is 0.571. The molecule has 21 heavy (non-hydrogen) atoms. The normalized spacial score (nSPS) is 15.8. The summed E-state index contributed by atoms with van der Waals surface area (Å²) in [5.74, 6) is 0.647. The number of rotatable bonds is 6. The topological polar surface area (TPSA) is 75.6 Å². The maximum absolute atomic E-state index is 11.1. The molecule has 0 saturated carbocycles. The van der Waals surface area contributed by atoms with Crippen molar-refractivity contribution in [3.05, 3.63) is 18.1 Å². The van der Waals surface area contributed by atoms with Crippen molar-refractivity contribution in [3.8, 4) is 0 Å². The molecule has 114 valence electrons. The molecule has 1 aliphatic rings. The minimum absolute atomic E-state index is 0.154. The van der Waals surface area contributed by atoms with Crippen LogP contribution in [0, 0.1) is 0 Å². The van der Waals surface area contributed by atoms with E-state index in [1.54, 1.807) is 6.20 Å². The standard InChI is InChI=1S/C14H20N4O3/c1-21-14(20)3-2-4-17-5-7-18(8-6-17)13-10-15-12(11-19)9-16-13/h9-11H,2-8H2,1H3. The van der Waals surface area contributed by atoms with E-state index in [0.717, 1.165) is 45.0 Å². The van der Waals surface area contributed by atoms with E-state index in [2.05, 4.69) is 24.5 Å². The second-order valence-electron chi connectivity index (χ2n) is 4.93. The summed E-state index contributed by atoms with van der Waals surface area (Å²) in [6.07, 6.45) is 5.10. The summed E-state index contributed by atoms with van der Waals surface area (Å²) in [5.41, 5.74) is 0.347. The van der Waals surface area contributed by atoms with Crippen molar-refractivity contribution < 1.29 is 14.3 Å². The van der Waals surface area contributed by atoms with E-state index in [1.165, 1.54) is 13.3 Å². The van der Waals surface area contributed by atoms with E-state index in [-0.39, 0.29) is 5.97 Å². The number of carbonyl (C=O) groups excluding carboxylic acids is 2. The first-order chi connectivity index (χ1) is 10.2. The van der Waals surface area contributed by atoms with Gasteiger partial charge in [-0.3, -0.25) is 14.5 Å². The molecule has 1 aromatic rings. The van der Waals surface area contributed by atoms with Crippen molar-refractivity contribution in [1.29, 1.82) is 0 Å². The van der Waals surface area contributed by atoms with Crippen LogP contribution in [0.15, 0.2) is 12.4 Å². The lowest BCUT2D eigenvalue weighted by molar-refractivity contribution is -0.140. The van der Waals surface area contributed by atoms with Gasteiger partial charge in [0.25, 0.3) is 0 Å². The molecule has 0 atom stereocenters. The van der Waals surface area contributed by atoms with Crippen LogP contribution < -0.4 is 4.90 Å². The molecule has 0 unspecified atom stereocenters. The van der Waals surface area contributed by atoms with Crippen LogP contribution in [0.2, 0.25) is 0 Å². The van der Waals surface area contributed by atoms with Gasteiger partial charge in [-0.05, 0) is 13.0 Å². The molecule has 1 fully saturated rings. The number of aromatic nitrogens is 2. The molecule has 2 rings (SSSR count). The Morgan fingerprint density at radius 2 is 2.05 bits per heavy atom. The van der Waals surface area contributed by atoms with E-state index in [9.17, 15) is 9.59 Å². The van der Waals surface area contributed by atoms with Gasteiger partial charge in [0, 0.05) is 32.6 Å². The third kappa shape index (κ3) is 4.49. The van der Waals surface area contributed by atoms with E-state index >= 15 is 0 Å². The quantitative estimate of drug-likeness (QED) is 0.553. The number of piperazine rings is 1. The lowest BCUT2D eigenvalue weighted by Gasteiger charge is -2.35. The average molecular weight is 292 g/mol. The van der Waals surface area contributed by atoms with Gasteiger partial charge in [-0.2, -0.15) is 0 Å². The third-order valence-corrected chi connectivity index (χ3v) is 3.56. The van der Waals surface area contributed by atoms with Crippen molar-refractivity contribution in [3.63, 3.8) is 0 Å². The summed E-state index contributed by atoms with van der Waals surface area (Å²) in [4.78, 5) is 34.4. The number of hydrogen-bond donors (Lipinski definition) is 0. The highest BCUT2D eigenvalue weighted by Crippen LogP contribution is 2.12. The molecule has 0 bridgehead atoms. The molecule has 0 radical (unpaired) electrons. The van der Waals surface area contributed by atoms with Crippen LogP contribution >= 0.6 is 0 Å². The van der Waals surface area contributed by atoms with Gasteiger partial charge in [-0.1, -0.05) is 0 Å². The van der Waals surface area contributed by atoms with Gasteiger partial charge < -0.3 is 9.64 Å². The van der Waals surface area contributed by atoms with E-state index in [4.69, 9.17) is 0 Å². The maximum atomic E-state index is 11.1. The number of aldehydes is 1. The first-order valence-corrected chi connectivity index (χ1v) is 7.04. The summed E-state index contributed by atoms with van der Waals surface area (Å²) in [6, 6.07) is 0. The molecule has 0 spiro atoms. The van der Waals surface area contributed by atoms with Crippen LogP contribution in [0.4, 0.5) is 5.82 Å². The Balaban J connectivity index is 1.74. The van der Waals surface area contributed by atoms with Gasteiger partial charge in [-0.15, -0.1) is 0 Å². The van der Waals surface area contributed by atoms with Crippen LogP contribution in [0.25, 0.3) is 0 Å². The highest BCUT2D eigenvalue weighted by Gasteiger charge is 2.18. The van der Waals surface area contributed by atoms with Crippen LogP contribution in [0.1, 0.15) is 23.3 Å². The Labute approximate surface area is 123 Å². The smallest absolute Gasteiger partial charge is 0.305 e. The lowest BCUT2D eigenvalue weighted by atomic mass is 10.2. The van der Waals surface area contributed by atoms with Gasteiger partial charge in [-0.25, -0.2) is 9.97 Å². The Kier molecular flexibility index (Phi) is 5.62. The van der Waals surface area contributed by atoms with Gasteiger partial charge in [0.15, 0.2) is 6.29 Å². The lowest BCUT2D eigenvalue weighted by Crippen LogP contribution is -2.47. The highest BCUT2D eigenvalue weighted by molar-refractivity contribution is 5.71. The van der Waals surface area contributed by atoms with Crippen molar-refractivity contribution in [2.24, 2.45) is 0 Å². The number of methoxy groups -OCH3 is 1. The third-order valence-electron chi connectivity index (χ3n) is 3.56. The molecule has 0 aromatic carbocycles. The highest BCUT2D eigenvalue weighted by atomic mass is 16.5. The van der Waals surface area contributed by atoms with Crippen LogP contribution in [-0.2, 0) is 9.53 Å². The molecule has 1 aliphatic heterocycles. The van der Waals surface area contributed by atoms with E-state index in [1.807, 2.05) is 0 Å². The zero-order valence-corrected chi connectivity index (χ0v) is 12.2. The van der Waals surface area contributed by atoms with Crippen LogP contribution in [0.5, 0.6) is 0 Å². The zero-order chi connectivity index (χ0) is 15.1. The largest absolute Gasteiger partial charge is 0.469 e. The summed E-state index contributed by atoms with van der Waals surface area (Å²) in [7, 11) is 1.41. The van der Waals surface area contributed by atoms with Crippen molar-refractivity contribution in [2.75, 3.05) is 44.7 Å². The van der Waals surface area contributed by atoms with Gasteiger partial charge >= 0.3 is 5.97 Å². The van der Waals surface area contributed by atoms with Crippen molar-refractivity contribution >= 4 is 18.1 Å². The second kappa shape index (κ2) is 7.68. The number of ether oxygens (including phenoxy) is 1. The van der Waals surface area contributed by atoms with Crippen LogP contribution in [0.3, 0.4) is 0 Å². The predicted molar refractivity (Wildman–Crippen MR) is 77.3 cm³/mol. The molecule has 7 nitrogen and oxygen atoms in total. The molecule has 0 N–H and O–H groups in total. The average Bonchev–Trinajstić information content (AvgIpc) is 2.55. The van der Waals surface area contributed by atoms with Gasteiger partial charge in [0.2, 0.25) is 0 Å². The Morgan fingerprint density at radius 3 is 2.62 bits per heavy atom. The molecule has 0 amide bonds. The minimum atomic E-state index is -0.154. The Hall–Kier alpha value is -2.02. The van der Waals surface area contributed by atoms with Gasteiger partial charge in [0.05, 0.1) is 19.5 Å². The number of hydrogen-bond acceptors (Lipinski definition) is 7. The van der Waals surface area contributed by atoms with Gasteiger partial charge in [0.1, 0.15) is 11.5 Å². The first kappa shape index (κ1) is 15.4. The predicted octanol–water partition coefficient (Wildman–Crippen LogP) is 0.364. The molecule has 0 aliphatic carbocycles. The summed E-state index contributed by atoms with van der Waals surface area (Å²) in [5, 5.41) is 0. The minimum Gasteiger partial charge on any atom is -0.469 e. The van der Waals surface area contributed by atoms with Crippen molar-refractivity contribution in [1.82, 2.24) is 14.9 Å². The zero-order valence-electron chi connectivity index (χ0n) is 12.2. The monoisotopic (exact) mass is 292 g/mol. The maximum Gasteiger partial charge on any atom is 0.305 e. The summed E-state index contributed by atoms with van der Waals surface area (Å²) < 4.78 is 4.63. The van der Waals surface area contributed by atoms with Crippen LogP contribution in [-0.4, -0.2) is 67.0 Å². The molecular weight excluding hydrogens is 272 g/mol. The second-order valence-corrected chi connectivity index (χ2v) is 4.93. The fourth-order valence-corrected chi connectivity index (χ4v) is 2.31. The number of nitrogens with zero attached hydrogens (tertiary/aromatic N) is 4. The number of carbonyl (C=O) groups is 2. The van der Waals surface area contributed by atoms with E-state index < -0.39 is 0 Å². The molecular formula is C14H20N4O3. The Bertz CT molecular complexity index is 470. The van der Waals surface area contributed by atoms with Crippen molar-refractivity contribution in [2.45, 2.75) is 12.8 Å². The molecule has 7 heteroatoms. The fourth-order valence-electron chi connectivity index (χ4n) is 2.31. The molecule has 1 saturated heterocycles.